The van der Waals surface area contributed by atoms with Gasteiger partial charge in [0.1, 0.15) is 11.2 Å². The van der Waals surface area contributed by atoms with Gasteiger partial charge in [0, 0.05) is 43.9 Å². The van der Waals surface area contributed by atoms with Crippen LogP contribution in [0.2, 0.25) is 0 Å². The molecule has 3 heterocycles. The van der Waals surface area contributed by atoms with Crippen LogP contribution in [0.5, 0.6) is 0 Å². The van der Waals surface area contributed by atoms with E-state index in [1.54, 1.807) is 0 Å². The molecule has 0 N–H and O–H groups in total. The molecule has 0 saturated heterocycles. The summed E-state index contributed by atoms with van der Waals surface area (Å²) in [5, 5.41) is 4.38. The van der Waals surface area contributed by atoms with Crippen molar-refractivity contribution in [3.8, 4) is 84.4 Å². The average molecular weight is 869 g/mol. The lowest BCUT2D eigenvalue weighted by atomic mass is 9.99. The van der Waals surface area contributed by atoms with Crippen LogP contribution in [-0.4, -0.2) is 19.5 Å². The zero-order chi connectivity index (χ0) is 45.0. The van der Waals surface area contributed by atoms with Gasteiger partial charge >= 0.3 is 0 Å². The Balaban J connectivity index is 0.896. The quantitative estimate of drug-likeness (QED) is 0.153. The van der Waals surface area contributed by atoms with E-state index in [9.17, 15) is 0 Å². The number of para-hydroxylation sites is 1. The van der Waals surface area contributed by atoms with Gasteiger partial charge in [-0.2, -0.15) is 0 Å². The molecule has 5 nitrogen and oxygen atoms in total. The van der Waals surface area contributed by atoms with Crippen LogP contribution in [0.25, 0.3) is 128 Å². The smallest absolute Gasteiger partial charge is 0.164 e. The molecular formula is C63H40N4O. The lowest BCUT2D eigenvalue weighted by Gasteiger charge is -2.10. The fourth-order valence-electron chi connectivity index (χ4n) is 9.62. The summed E-state index contributed by atoms with van der Waals surface area (Å²) in [5.41, 5.74) is 17.0. The molecule has 0 aliphatic carbocycles. The second kappa shape index (κ2) is 16.4. The third-order valence-corrected chi connectivity index (χ3v) is 13.1. The number of fused-ring (bicyclic) bond motifs is 6. The normalized spacial score (nSPS) is 11.5. The molecule has 13 aromatic rings. The van der Waals surface area contributed by atoms with Gasteiger partial charge in [-0.3, -0.25) is 0 Å². The zero-order valence-corrected chi connectivity index (χ0v) is 36.8. The Bertz CT molecular complexity index is 3870. The predicted octanol–water partition coefficient (Wildman–Crippen LogP) is 16.5. The number of furan rings is 1. The van der Waals surface area contributed by atoms with Gasteiger partial charge in [0.25, 0.3) is 0 Å². The van der Waals surface area contributed by atoms with Gasteiger partial charge in [0.05, 0.1) is 11.0 Å². The maximum absolute atomic E-state index is 6.75. The van der Waals surface area contributed by atoms with Gasteiger partial charge in [-0.25, -0.2) is 15.0 Å². The Morgan fingerprint density at radius 3 is 1.26 bits per heavy atom. The highest BCUT2D eigenvalue weighted by Crippen LogP contribution is 2.40. The highest BCUT2D eigenvalue weighted by molar-refractivity contribution is 6.17. The first-order chi connectivity index (χ1) is 33.7. The predicted molar refractivity (Wildman–Crippen MR) is 279 cm³/mol. The van der Waals surface area contributed by atoms with E-state index in [1.807, 2.05) is 12.1 Å². The van der Waals surface area contributed by atoms with Crippen molar-refractivity contribution in [1.82, 2.24) is 19.5 Å². The van der Waals surface area contributed by atoms with Gasteiger partial charge in [-0.1, -0.05) is 194 Å². The number of hydrogen-bond donors (Lipinski definition) is 0. The van der Waals surface area contributed by atoms with Crippen molar-refractivity contribution < 1.29 is 4.42 Å². The summed E-state index contributed by atoms with van der Waals surface area (Å²) < 4.78 is 9.12. The summed E-state index contributed by atoms with van der Waals surface area (Å²) in [4.78, 5) is 15.3. The molecule has 10 aromatic carbocycles. The maximum atomic E-state index is 6.75. The van der Waals surface area contributed by atoms with Gasteiger partial charge in [0.15, 0.2) is 17.5 Å². The maximum Gasteiger partial charge on any atom is 0.164 e. The lowest BCUT2D eigenvalue weighted by Crippen LogP contribution is -2.00. The molecule has 0 amide bonds. The van der Waals surface area contributed by atoms with Gasteiger partial charge in [-0.15, -0.1) is 0 Å². The molecule has 0 atom stereocenters. The summed E-state index contributed by atoms with van der Waals surface area (Å²) in [6.45, 7) is 0. The van der Waals surface area contributed by atoms with Crippen LogP contribution in [0.3, 0.4) is 0 Å². The fraction of sp³-hybridized carbons (Fsp3) is 0. The minimum absolute atomic E-state index is 0.574. The number of benzene rings is 10. The Labute approximate surface area is 392 Å². The third kappa shape index (κ3) is 7.02. The molecule has 3 aromatic heterocycles. The highest BCUT2D eigenvalue weighted by Gasteiger charge is 2.19. The first-order valence-corrected chi connectivity index (χ1v) is 22.9. The van der Waals surface area contributed by atoms with E-state index >= 15 is 0 Å². The highest BCUT2D eigenvalue weighted by atomic mass is 16.3. The number of rotatable bonds is 8. The van der Waals surface area contributed by atoms with Crippen molar-refractivity contribution in [3.63, 3.8) is 0 Å². The van der Waals surface area contributed by atoms with Gasteiger partial charge in [-0.05, 0) is 93.0 Å². The molecule has 0 aliphatic rings. The SMILES string of the molecule is c1ccc(-c2ccc(-c3nc(-c4ccc(-c5ccccc5)cc4)nc(-c4ccc5c(c4)oc4cc6c7ccccc7n(-c7ccc(-c8cccc(-c9ccccc9)c8)cc7)c6cc45)n3)cc2)cc1. The summed E-state index contributed by atoms with van der Waals surface area (Å²) in [7, 11) is 0. The molecule has 0 fully saturated rings. The molecule has 0 unspecified atom stereocenters. The molecule has 68 heavy (non-hydrogen) atoms. The van der Waals surface area contributed by atoms with Crippen LogP contribution < -0.4 is 0 Å². The molecule has 5 heteroatoms. The number of nitrogens with zero attached hydrogens (tertiary/aromatic N) is 4. The number of aromatic nitrogens is 4. The molecule has 0 spiro atoms. The molecule has 0 saturated carbocycles. The van der Waals surface area contributed by atoms with E-state index < -0.39 is 0 Å². The molecular weight excluding hydrogens is 829 g/mol. The summed E-state index contributed by atoms with van der Waals surface area (Å²) >= 11 is 0. The number of hydrogen-bond acceptors (Lipinski definition) is 4. The minimum atomic E-state index is 0.574. The van der Waals surface area contributed by atoms with Crippen molar-refractivity contribution in [2.45, 2.75) is 0 Å². The van der Waals surface area contributed by atoms with Gasteiger partial charge in [0.2, 0.25) is 0 Å². The summed E-state index contributed by atoms with van der Waals surface area (Å²) in [6.07, 6.45) is 0. The van der Waals surface area contributed by atoms with Crippen LogP contribution in [0.1, 0.15) is 0 Å². The average Bonchev–Trinajstić information content (AvgIpc) is 3.95. The standard InChI is InChI=1S/C63H40N4O/c1-4-13-41(14-5-1)44-23-27-47(28-24-44)61-64-62(48-29-25-45(26-30-48)42-15-6-2-7-16-42)66-63(65-61)51-33-36-54-56-39-58-55(40-60(56)68-59(54)38-51)53-21-10-11-22-57(53)67(58)52-34-31-46(32-35-52)50-20-12-19-49(37-50)43-17-8-3-9-18-43/h1-40H. The van der Waals surface area contributed by atoms with Crippen molar-refractivity contribution in [2.24, 2.45) is 0 Å². The largest absolute Gasteiger partial charge is 0.456 e. The minimum Gasteiger partial charge on any atom is -0.456 e. The van der Waals surface area contributed by atoms with E-state index in [2.05, 4.69) is 235 Å². The van der Waals surface area contributed by atoms with E-state index in [0.717, 1.165) is 83.0 Å². The van der Waals surface area contributed by atoms with Crippen molar-refractivity contribution in [1.29, 1.82) is 0 Å². The van der Waals surface area contributed by atoms with Crippen LogP contribution >= 0.6 is 0 Å². The van der Waals surface area contributed by atoms with Crippen LogP contribution in [0.15, 0.2) is 247 Å². The zero-order valence-electron chi connectivity index (χ0n) is 36.8. The Hall–Kier alpha value is -9.19. The molecule has 0 aliphatic heterocycles. The molecule has 318 valence electrons. The molecule has 13 rings (SSSR count). The summed E-state index contributed by atoms with van der Waals surface area (Å²) in [6, 6.07) is 85.3. The first-order valence-electron chi connectivity index (χ1n) is 22.9. The fourth-order valence-corrected chi connectivity index (χ4v) is 9.62. The van der Waals surface area contributed by atoms with E-state index in [0.29, 0.717) is 17.5 Å². The Morgan fingerprint density at radius 1 is 0.250 bits per heavy atom. The summed E-state index contributed by atoms with van der Waals surface area (Å²) in [5.74, 6) is 1.78. The van der Waals surface area contributed by atoms with Crippen LogP contribution in [0, 0.1) is 0 Å². The van der Waals surface area contributed by atoms with Crippen molar-refractivity contribution in [2.75, 3.05) is 0 Å². The van der Waals surface area contributed by atoms with E-state index in [1.165, 1.54) is 27.6 Å². The van der Waals surface area contributed by atoms with Crippen LogP contribution in [-0.2, 0) is 0 Å². The van der Waals surface area contributed by atoms with E-state index in [4.69, 9.17) is 19.4 Å². The van der Waals surface area contributed by atoms with Crippen LogP contribution in [0.4, 0.5) is 0 Å². The van der Waals surface area contributed by atoms with Crippen molar-refractivity contribution in [3.05, 3.63) is 243 Å². The van der Waals surface area contributed by atoms with Gasteiger partial charge < -0.3 is 8.98 Å². The lowest BCUT2D eigenvalue weighted by molar-refractivity contribution is 0.669. The Morgan fingerprint density at radius 2 is 0.676 bits per heavy atom. The first kappa shape index (κ1) is 39.2. The third-order valence-electron chi connectivity index (χ3n) is 13.1. The topological polar surface area (TPSA) is 56.7 Å². The van der Waals surface area contributed by atoms with E-state index in [-0.39, 0.29) is 0 Å². The monoisotopic (exact) mass is 868 g/mol. The molecule has 0 radical (unpaired) electrons. The van der Waals surface area contributed by atoms with Crippen molar-refractivity contribution >= 4 is 43.7 Å². The molecule has 0 bridgehead atoms. The second-order valence-electron chi connectivity index (χ2n) is 17.2. The second-order valence-corrected chi connectivity index (χ2v) is 17.2. The Kier molecular flexibility index (Phi) is 9.43.